The summed E-state index contributed by atoms with van der Waals surface area (Å²) in [6.45, 7) is 1.93. The van der Waals surface area contributed by atoms with Crippen LogP contribution in [-0.2, 0) is 0 Å². The summed E-state index contributed by atoms with van der Waals surface area (Å²) in [6, 6.07) is 14.1. The predicted molar refractivity (Wildman–Crippen MR) is 97.6 cm³/mol. The van der Waals surface area contributed by atoms with Crippen LogP contribution < -0.4 is 15.1 Å². The third-order valence-corrected chi connectivity index (χ3v) is 4.52. The van der Waals surface area contributed by atoms with Crippen LogP contribution in [0.4, 0.5) is 0 Å². The van der Waals surface area contributed by atoms with Crippen molar-refractivity contribution in [3.8, 4) is 11.4 Å². The molecule has 26 heavy (non-hydrogen) atoms. The number of hydrogen-bond acceptors (Lipinski definition) is 5. The Morgan fingerprint density at radius 2 is 1.77 bits per heavy atom. The number of aromatic nitrogens is 2. The molecule has 1 heterocycles. The van der Waals surface area contributed by atoms with Crippen LogP contribution in [0.1, 0.15) is 26.4 Å². The Kier molecular flexibility index (Phi) is 4.94. The molecule has 0 spiro atoms. The van der Waals surface area contributed by atoms with Crippen molar-refractivity contribution in [3.63, 3.8) is 0 Å². The van der Waals surface area contributed by atoms with Gasteiger partial charge in [-0.1, -0.05) is 17.7 Å². The number of ether oxygens (including phenoxy) is 1. The molecular formula is C18H16N4O3S. The maximum absolute atomic E-state index is 12.4. The largest absolute Gasteiger partial charge is 0.497 e. The van der Waals surface area contributed by atoms with Crippen molar-refractivity contribution < 1.29 is 14.3 Å². The topological polar surface area (TPSA) is 99.6 Å². The molecule has 8 heteroatoms. The van der Waals surface area contributed by atoms with Crippen molar-refractivity contribution in [1.82, 2.24) is 9.17 Å². The number of aryl methyl sites for hydroxylation is 1. The molecule has 132 valence electrons. The molecule has 2 amide bonds. The van der Waals surface area contributed by atoms with Gasteiger partial charge in [0.15, 0.2) is 10.4 Å². The van der Waals surface area contributed by atoms with Crippen LogP contribution in [0.2, 0.25) is 0 Å². The summed E-state index contributed by atoms with van der Waals surface area (Å²) in [5, 5.41) is 4.17. The van der Waals surface area contributed by atoms with E-state index in [1.54, 1.807) is 43.5 Å². The quantitative estimate of drug-likeness (QED) is 0.762. The minimum absolute atomic E-state index is 0.0497. The van der Waals surface area contributed by atoms with Gasteiger partial charge in [-0.2, -0.15) is 9.06 Å². The Morgan fingerprint density at radius 1 is 1.12 bits per heavy atom. The first-order valence-electron chi connectivity index (χ1n) is 7.68. The highest BCUT2D eigenvalue weighted by molar-refractivity contribution is 7.04. The summed E-state index contributed by atoms with van der Waals surface area (Å²) < 4.78 is 6.77. The van der Waals surface area contributed by atoms with Crippen molar-refractivity contribution >= 4 is 23.3 Å². The first kappa shape index (κ1) is 17.6. The Hall–Kier alpha value is -3.26. The van der Waals surface area contributed by atoms with Gasteiger partial charge in [0.1, 0.15) is 5.75 Å². The molecule has 2 aromatic carbocycles. The minimum atomic E-state index is -0.746. The summed E-state index contributed by atoms with van der Waals surface area (Å²) in [5.41, 5.74) is 7.50. The van der Waals surface area contributed by atoms with Gasteiger partial charge in [0.2, 0.25) is 0 Å². The molecule has 3 rings (SSSR count). The molecule has 0 fully saturated rings. The summed E-state index contributed by atoms with van der Waals surface area (Å²) >= 11 is 1.06. The summed E-state index contributed by atoms with van der Waals surface area (Å²) in [7, 11) is 1.57. The van der Waals surface area contributed by atoms with Crippen LogP contribution >= 0.6 is 11.5 Å². The van der Waals surface area contributed by atoms with Crippen LogP contribution in [0.5, 0.6) is 5.75 Å². The molecule has 0 atom stereocenters. The van der Waals surface area contributed by atoms with Crippen molar-refractivity contribution in [2.75, 3.05) is 7.11 Å². The summed E-state index contributed by atoms with van der Waals surface area (Å²) in [5.74, 6) is -0.512. The Morgan fingerprint density at radius 3 is 2.35 bits per heavy atom. The van der Waals surface area contributed by atoms with Gasteiger partial charge in [0, 0.05) is 5.56 Å². The zero-order chi connectivity index (χ0) is 18.7. The standard InChI is InChI=1S/C18H16N4O3S/c1-11-3-5-12(6-4-11)17(24)20-18-15(16(19)23)21-22(26-18)13-7-9-14(25-2)10-8-13/h3-10H,1-2H3,(H2,19,23). The van der Waals surface area contributed by atoms with E-state index in [9.17, 15) is 9.59 Å². The van der Waals surface area contributed by atoms with Gasteiger partial charge in [-0.25, -0.2) is 0 Å². The van der Waals surface area contributed by atoms with Gasteiger partial charge in [0.25, 0.3) is 11.8 Å². The number of primary amides is 1. The molecule has 7 nitrogen and oxygen atoms in total. The SMILES string of the molecule is COc1ccc(-n2nc(C(N)=O)c(=NC(=O)c3ccc(C)cc3)s2)cc1. The highest BCUT2D eigenvalue weighted by atomic mass is 32.1. The van der Waals surface area contributed by atoms with Crippen molar-refractivity contribution in [3.05, 3.63) is 70.0 Å². The molecule has 0 aliphatic carbocycles. The highest BCUT2D eigenvalue weighted by Gasteiger charge is 2.14. The first-order chi connectivity index (χ1) is 12.5. The fourth-order valence-corrected chi connectivity index (χ4v) is 3.05. The van der Waals surface area contributed by atoms with Gasteiger partial charge < -0.3 is 10.5 Å². The van der Waals surface area contributed by atoms with E-state index in [1.807, 2.05) is 19.1 Å². The Bertz CT molecular complexity index is 1020. The smallest absolute Gasteiger partial charge is 0.278 e. The minimum Gasteiger partial charge on any atom is -0.497 e. The molecule has 0 saturated heterocycles. The predicted octanol–water partition coefficient (Wildman–Crippen LogP) is 2.09. The fourth-order valence-electron chi connectivity index (χ4n) is 2.18. The number of carbonyl (C=O) groups is 2. The molecule has 0 aliphatic heterocycles. The van der Waals surface area contributed by atoms with Crippen molar-refractivity contribution in [1.29, 1.82) is 0 Å². The molecule has 3 aromatic rings. The number of hydrogen-bond donors (Lipinski definition) is 1. The van der Waals surface area contributed by atoms with Crippen LogP contribution in [0.15, 0.2) is 53.5 Å². The second-order valence-corrected chi connectivity index (χ2v) is 6.38. The third kappa shape index (κ3) is 3.70. The van der Waals surface area contributed by atoms with E-state index in [2.05, 4.69) is 10.1 Å². The molecule has 0 unspecified atom stereocenters. The second kappa shape index (κ2) is 7.32. The molecule has 0 radical (unpaired) electrons. The summed E-state index contributed by atoms with van der Waals surface area (Å²) in [4.78, 5) is 28.1. The van der Waals surface area contributed by atoms with E-state index in [0.29, 0.717) is 17.0 Å². The highest BCUT2D eigenvalue weighted by Crippen LogP contribution is 2.15. The molecule has 1 aromatic heterocycles. The average molecular weight is 368 g/mol. The van der Waals surface area contributed by atoms with E-state index in [4.69, 9.17) is 10.5 Å². The van der Waals surface area contributed by atoms with Crippen LogP contribution in [-0.4, -0.2) is 28.1 Å². The number of nitrogens with two attached hydrogens (primary N) is 1. The van der Waals surface area contributed by atoms with Crippen LogP contribution in [0, 0.1) is 6.92 Å². The number of carbonyl (C=O) groups excluding carboxylic acids is 2. The lowest BCUT2D eigenvalue weighted by atomic mass is 10.1. The van der Waals surface area contributed by atoms with E-state index in [1.165, 1.54) is 4.07 Å². The lowest BCUT2D eigenvalue weighted by Gasteiger charge is -2.01. The second-order valence-electron chi connectivity index (χ2n) is 5.46. The number of methoxy groups -OCH3 is 1. The molecular weight excluding hydrogens is 352 g/mol. The maximum Gasteiger partial charge on any atom is 0.278 e. The maximum atomic E-state index is 12.4. The van der Waals surface area contributed by atoms with E-state index in [-0.39, 0.29) is 10.4 Å². The normalized spacial score (nSPS) is 11.4. The first-order valence-corrected chi connectivity index (χ1v) is 8.46. The van der Waals surface area contributed by atoms with Gasteiger partial charge in [0.05, 0.1) is 12.8 Å². The zero-order valence-electron chi connectivity index (χ0n) is 14.2. The monoisotopic (exact) mass is 368 g/mol. The van der Waals surface area contributed by atoms with E-state index < -0.39 is 11.8 Å². The van der Waals surface area contributed by atoms with Gasteiger partial charge >= 0.3 is 0 Å². The van der Waals surface area contributed by atoms with Crippen molar-refractivity contribution in [2.45, 2.75) is 6.92 Å². The van der Waals surface area contributed by atoms with Crippen LogP contribution in [0.3, 0.4) is 0 Å². The molecule has 0 aliphatic rings. The van der Waals surface area contributed by atoms with Gasteiger partial charge in [-0.05, 0) is 54.9 Å². The number of nitrogens with zero attached hydrogens (tertiary/aromatic N) is 3. The third-order valence-electron chi connectivity index (χ3n) is 3.59. The Balaban J connectivity index is 2.02. The summed E-state index contributed by atoms with van der Waals surface area (Å²) in [6.07, 6.45) is 0. The molecule has 2 N–H and O–H groups in total. The molecule has 0 bridgehead atoms. The van der Waals surface area contributed by atoms with Crippen molar-refractivity contribution in [2.24, 2.45) is 10.7 Å². The Labute approximate surface area is 153 Å². The average Bonchev–Trinajstić information content (AvgIpc) is 3.06. The number of rotatable bonds is 4. The van der Waals surface area contributed by atoms with Gasteiger partial charge in [-0.15, -0.1) is 5.10 Å². The lowest BCUT2D eigenvalue weighted by molar-refractivity contribution is 0.0994. The van der Waals surface area contributed by atoms with E-state index >= 15 is 0 Å². The number of benzene rings is 2. The van der Waals surface area contributed by atoms with Gasteiger partial charge in [-0.3, -0.25) is 9.59 Å². The molecule has 0 saturated carbocycles. The van der Waals surface area contributed by atoms with Crippen LogP contribution in [0.25, 0.3) is 5.69 Å². The lowest BCUT2D eigenvalue weighted by Crippen LogP contribution is -2.20. The zero-order valence-corrected chi connectivity index (χ0v) is 15.0. The fraction of sp³-hybridized carbons (Fsp3) is 0.111. The van der Waals surface area contributed by atoms with E-state index in [0.717, 1.165) is 17.1 Å². The number of amides is 2.